The third-order valence-electron chi connectivity index (χ3n) is 6.97. The smallest absolute Gasteiger partial charge is 0.161 e. The van der Waals surface area contributed by atoms with Crippen molar-refractivity contribution in [1.29, 1.82) is 0 Å². The molecule has 0 radical (unpaired) electrons. The van der Waals surface area contributed by atoms with E-state index < -0.39 is 0 Å². The van der Waals surface area contributed by atoms with Gasteiger partial charge in [-0.15, -0.1) is 0 Å². The van der Waals surface area contributed by atoms with E-state index in [-0.39, 0.29) is 13.2 Å². The lowest BCUT2D eigenvalue weighted by atomic mass is 10.1. The molecule has 2 aromatic carbocycles. The predicted molar refractivity (Wildman–Crippen MR) is 199 cm³/mol. The maximum absolute atomic E-state index is 8.62. The Hall–Kier alpha value is -2.26. The van der Waals surface area contributed by atoms with Gasteiger partial charge in [-0.1, -0.05) is 24.3 Å². The van der Waals surface area contributed by atoms with E-state index in [1.165, 1.54) is 0 Å². The lowest BCUT2D eigenvalue weighted by Crippen LogP contribution is -2.15. The highest BCUT2D eigenvalue weighted by Crippen LogP contribution is 2.32. The number of aliphatic hydroxyl groups excluding tert-OH is 2. The van der Waals surface area contributed by atoms with Crippen molar-refractivity contribution < 1.29 is 76.5 Å². The summed E-state index contributed by atoms with van der Waals surface area (Å²) >= 11 is 0. The fraction of sp³-hybridized carbons (Fsp3) is 0.737. The van der Waals surface area contributed by atoms with E-state index in [1.54, 1.807) is 0 Å². The molecule has 0 fully saturated rings. The van der Waals surface area contributed by atoms with Gasteiger partial charge < -0.3 is 76.5 Å². The Balaban J connectivity index is 1.42. The zero-order chi connectivity index (χ0) is 38.3. The van der Waals surface area contributed by atoms with Crippen molar-refractivity contribution >= 4 is 10.8 Å². The molecule has 2 N–H and O–H groups in total. The first-order valence-corrected chi connectivity index (χ1v) is 18.8. The number of aliphatic hydroxyl groups is 2. The molecule has 54 heavy (non-hydrogen) atoms. The Morgan fingerprint density at radius 2 is 0.481 bits per heavy atom. The minimum absolute atomic E-state index is 0.0166. The molecule has 0 amide bonds. The topological polar surface area (TPSA) is 170 Å². The van der Waals surface area contributed by atoms with Gasteiger partial charge in [0.15, 0.2) is 11.5 Å². The maximum atomic E-state index is 8.62. The highest BCUT2D eigenvalue weighted by Gasteiger charge is 2.09. The molecular formula is C38H64O16. The van der Waals surface area contributed by atoms with E-state index in [1.807, 2.05) is 36.4 Å². The van der Waals surface area contributed by atoms with E-state index >= 15 is 0 Å². The molecule has 16 nitrogen and oxygen atoms in total. The second-order valence-electron chi connectivity index (χ2n) is 11.1. The Morgan fingerprint density at radius 1 is 0.278 bits per heavy atom. The van der Waals surface area contributed by atoms with Crippen molar-refractivity contribution in [2.75, 3.05) is 185 Å². The third kappa shape index (κ3) is 28.2. The van der Waals surface area contributed by atoms with E-state index in [4.69, 9.17) is 76.5 Å². The second-order valence-corrected chi connectivity index (χ2v) is 11.1. The van der Waals surface area contributed by atoms with Gasteiger partial charge >= 0.3 is 0 Å². The molecule has 0 aliphatic heterocycles. The maximum Gasteiger partial charge on any atom is 0.161 e. The van der Waals surface area contributed by atoms with Gasteiger partial charge in [0.05, 0.1) is 172 Å². The molecule has 0 heterocycles. The van der Waals surface area contributed by atoms with Crippen molar-refractivity contribution in [3.63, 3.8) is 0 Å². The molecule has 16 heteroatoms. The summed E-state index contributed by atoms with van der Waals surface area (Å²) in [7, 11) is 0. The van der Waals surface area contributed by atoms with Crippen LogP contribution in [0.3, 0.4) is 0 Å². The van der Waals surface area contributed by atoms with Crippen LogP contribution in [0.25, 0.3) is 10.8 Å². The molecule has 2 rings (SSSR count). The van der Waals surface area contributed by atoms with Crippen LogP contribution in [-0.2, 0) is 56.8 Å². The first-order valence-electron chi connectivity index (χ1n) is 18.8. The summed E-state index contributed by atoms with van der Waals surface area (Å²) in [5.74, 6) is 1.29. The lowest BCUT2D eigenvalue weighted by molar-refractivity contribution is -0.0193. The van der Waals surface area contributed by atoms with Crippen molar-refractivity contribution in [3.05, 3.63) is 36.4 Å². The molecule has 0 unspecified atom stereocenters. The van der Waals surface area contributed by atoms with Gasteiger partial charge in [-0.2, -0.15) is 0 Å². The second kappa shape index (κ2) is 37.7. The van der Waals surface area contributed by atoms with E-state index in [0.29, 0.717) is 183 Å². The minimum Gasteiger partial charge on any atom is -0.487 e. The van der Waals surface area contributed by atoms with Crippen molar-refractivity contribution in [2.24, 2.45) is 0 Å². The summed E-state index contributed by atoms with van der Waals surface area (Å²) in [6.07, 6.45) is 0. The summed E-state index contributed by atoms with van der Waals surface area (Å²) in [4.78, 5) is 0. The van der Waals surface area contributed by atoms with Crippen LogP contribution in [-0.4, -0.2) is 195 Å². The highest BCUT2D eigenvalue weighted by molar-refractivity contribution is 5.86. The Labute approximate surface area is 320 Å². The summed E-state index contributed by atoms with van der Waals surface area (Å²) in [6, 6.07) is 12.0. The lowest BCUT2D eigenvalue weighted by Gasteiger charge is -2.15. The van der Waals surface area contributed by atoms with Gasteiger partial charge in [-0.05, 0) is 22.9 Å². The van der Waals surface area contributed by atoms with Gasteiger partial charge in [0.25, 0.3) is 0 Å². The molecular weight excluding hydrogens is 712 g/mol. The monoisotopic (exact) mass is 776 g/mol. The normalized spacial score (nSPS) is 11.5. The van der Waals surface area contributed by atoms with Crippen molar-refractivity contribution in [2.45, 2.75) is 0 Å². The molecule has 0 bridgehead atoms. The number of ether oxygens (including phenoxy) is 14. The molecule has 0 aliphatic rings. The van der Waals surface area contributed by atoms with Crippen LogP contribution in [0.15, 0.2) is 36.4 Å². The molecule has 0 spiro atoms. The Kier molecular flexibility index (Phi) is 33.4. The SMILES string of the molecule is OCCOCCOCCOCCOCCOCCOCCOc1cc2ccccc2cc1OCCOCCOCCOCCOCCOCCOCCO. The predicted octanol–water partition coefficient (Wildman–Crippen LogP) is 1.78. The average Bonchev–Trinajstić information content (AvgIpc) is 3.19. The van der Waals surface area contributed by atoms with Crippen LogP contribution in [0.4, 0.5) is 0 Å². The first kappa shape index (κ1) is 47.9. The quantitative estimate of drug-likeness (QED) is 0.0936. The summed E-state index contributed by atoms with van der Waals surface area (Å²) in [5.41, 5.74) is 0. The first-order chi connectivity index (χ1) is 26.8. The molecule has 0 aliphatic carbocycles. The van der Waals surface area contributed by atoms with Gasteiger partial charge in [0, 0.05) is 0 Å². The van der Waals surface area contributed by atoms with Crippen LogP contribution < -0.4 is 9.47 Å². The highest BCUT2D eigenvalue weighted by atomic mass is 16.6. The molecule has 0 aromatic heterocycles. The van der Waals surface area contributed by atoms with Crippen molar-refractivity contribution in [3.8, 4) is 11.5 Å². The van der Waals surface area contributed by atoms with E-state index in [0.717, 1.165) is 10.8 Å². The van der Waals surface area contributed by atoms with E-state index in [2.05, 4.69) is 0 Å². The van der Waals surface area contributed by atoms with E-state index in [9.17, 15) is 0 Å². The standard InChI is InChI=1S/C38H64O16/c39-5-7-41-9-11-43-13-15-45-17-19-47-21-23-49-25-27-51-29-31-53-37-33-35-3-1-2-4-36(35)34-38(37)54-32-30-52-28-26-50-24-22-48-20-18-46-16-14-44-12-10-42-8-6-40/h1-4,33-34,39-40H,5-32H2. The van der Waals surface area contributed by atoms with Gasteiger partial charge in [-0.3, -0.25) is 0 Å². The number of benzene rings is 2. The van der Waals surface area contributed by atoms with Crippen molar-refractivity contribution in [1.82, 2.24) is 0 Å². The van der Waals surface area contributed by atoms with Gasteiger partial charge in [-0.25, -0.2) is 0 Å². The van der Waals surface area contributed by atoms with Gasteiger partial charge in [0.2, 0.25) is 0 Å². The summed E-state index contributed by atoms with van der Waals surface area (Å²) in [5, 5.41) is 19.4. The molecule has 2 aromatic rings. The largest absolute Gasteiger partial charge is 0.487 e. The fourth-order valence-electron chi connectivity index (χ4n) is 4.38. The molecule has 0 saturated carbocycles. The zero-order valence-corrected chi connectivity index (χ0v) is 31.9. The zero-order valence-electron chi connectivity index (χ0n) is 31.9. The Bertz CT molecular complexity index is 998. The number of fused-ring (bicyclic) bond motifs is 1. The third-order valence-corrected chi connectivity index (χ3v) is 6.97. The molecule has 0 atom stereocenters. The molecule has 0 saturated heterocycles. The van der Waals surface area contributed by atoms with Gasteiger partial charge in [0.1, 0.15) is 13.2 Å². The van der Waals surface area contributed by atoms with Crippen LogP contribution in [0, 0.1) is 0 Å². The minimum atomic E-state index is 0.0166. The Morgan fingerprint density at radius 3 is 0.704 bits per heavy atom. The summed E-state index contributed by atoms with van der Waals surface area (Å²) in [6.45, 7) is 11.7. The molecule has 312 valence electrons. The van der Waals surface area contributed by atoms with Crippen LogP contribution in [0.5, 0.6) is 11.5 Å². The van der Waals surface area contributed by atoms with Crippen LogP contribution >= 0.6 is 0 Å². The fourth-order valence-corrected chi connectivity index (χ4v) is 4.38. The van der Waals surface area contributed by atoms with Crippen LogP contribution in [0.1, 0.15) is 0 Å². The average molecular weight is 777 g/mol. The number of hydrogen-bond donors (Lipinski definition) is 2. The number of rotatable bonds is 42. The number of hydrogen-bond acceptors (Lipinski definition) is 16. The summed E-state index contributed by atoms with van der Waals surface area (Å²) < 4.78 is 77.3. The van der Waals surface area contributed by atoms with Crippen LogP contribution in [0.2, 0.25) is 0 Å².